The van der Waals surface area contributed by atoms with Crippen LogP contribution in [0.4, 0.5) is 0 Å². The van der Waals surface area contributed by atoms with Gasteiger partial charge in [-0.05, 0) is 24.3 Å². The number of cyclic esters (lactones) is 1. The van der Waals surface area contributed by atoms with Crippen LogP contribution in [-0.2, 0) is 9.53 Å². The van der Waals surface area contributed by atoms with Crippen molar-refractivity contribution in [3.05, 3.63) is 41.6 Å². The molecular weight excluding hydrogens is 234 g/mol. The van der Waals surface area contributed by atoms with Crippen LogP contribution < -0.4 is 10.1 Å². The third kappa shape index (κ3) is 2.68. The monoisotopic (exact) mass is 247 g/mol. The fourth-order valence-electron chi connectivity index (χ4n) is 1.56. The van der Waals surface area contributed by atoms with Gasteiger partial charge in [-0.25, -0.2) is 4.79 Å². The minimum absolute atomic E-state index is 0.196. The molecule has 94 valence electrons. The van der Waals surface area contributed by atoms with Crippen molar-refractivity contribution < 1.29 is 19.1 Å². The van der Waals surface area contributed by atoms with Crippen LogP contribution in [0.5, 0.6) is 5.75 Å². The average molecular weight is 247 g/mol. The largest absolute Gasteiger partial charge is 0.497 e. The third-order valence-corrected chi connectivity index (χ3v) is 2.52. The van der Waals surface area contributed by atoms with Gasteiger partial charge in [-0.1, -0.05) is 0 Å². The molecule has 1 fully saturated rings. The summed E-state index contributed by atoms with van der Waals surface area (Å²) in [5.41, 5.74) is 0.686. The Morgan fingerprint density at radius 3 is 2.72 bits per heavy atom. The van der Waals surface area contributed by atoms with Gasteiger partial charge in [0.15, 0.2) is 5.78 Å². The van der Waals surface area contributed by atoms with Crippen LogP contribution in [0, 0.1) is 0 Å². The van der Waals surface area contributed by atoms with E-state index >= 15 is 0 Å². The first-order valence-corrected chi connectivity index (χ1v) is 5.52. The van der Waals surface area contributed by atoms with E-state index in [1.165, 1.54) is 6.08 Å². The number of esters is 1. The third-order valence-electron chi connectivity index (χ3n) is 2.52. The number of hydrogen-bond acceptors (Lipinski definition) is 5. The molecule has 0 amide bonds. The summed E-state index contributed by atoms with van der Waals surface area (Å²) in [4.78, 5) is 23.2. The summed E-state index contributed by atoms with van der Waals surface area (Å²) in [6, 6.07) is 6.68. The summed E-state index contributed by atoms with van der Waals surface area (Å²) >= 11 is 0. The Labute approximate surface area is 104 Å². The summed E-state index contributed by atoms with van der Waals surface area (Å²) in [5, 5.41) is 2.83. The Bertz CT molecular complexity index is 490. The number of allylic oxidation sites excluding steroid dienone is 1. The molecule has 0 bridgehead atoms. The van der Waals surface area contributed by atoms with Crippen molar-refractivity contribution in [2.24, 2.45) is 0 Å². The van der Waals surface area contributed by atoms with E-state index < -0.39 is 5.97 Å². The van der Waals surface area contributed by atoms with Crippen LogP contribution in [0.3, 0.4) is 0 Å². The molecule has 1 heterocycles. The lowest BCUT2D eigenvalue weighted by molar-refractivity contribution is -0.141. The van der Waals surface area contributed by atoms with E-state index in [0.29, 0.717) is 24.5 Å². The molecule has 1 aliphatic heterocycles. The van der Waals surface area contributed by atoms with Crippen molar-refractivity contribution in [2.75, 3.05) is 20.3 Å². The molecule has 0 saturated carbocycles. The molecule has 0 atom stereocenters. The van der Waals surface area contributed by atoms with Crippen molar-refractivity contribution in [1.29, 1.82) is 0 Å². The molecule has 0 unspecified atom stereocenters. The molecule has 1 aromatic rings. The van der Waals surface area contributed by atoms with Gasteiger partial charge in [-0.3, -0.25) is 4.79 Å². The van der Waals surface area contributed by atoms with E-state index in [4.69, 9.17) is 9.47 Å². The molecule has 0 aliphatic carbocycles. The molecular formula is C13H13NO4. The van der Waals surface area contributed by atoms with Gasteiger partial charge in [0.25, 0.3) is 0 Å². The minimum atomic E-state index is -0.497. The van der Waals surface area contributed by atoms with E-state index in [9.17, 15) is 9.59 Å². The molecule has 1 aliphatic rings. The smallest absolute Gasteiger partial charge is 0.354 e. The first-order chi connectivity index (χ1) is 8.70. The average Bonchev–Trinajstić information content (AvgIpc) is 2.41. The quantitative estimate of drug-likeness (QED) is 0.488. The Balaban J connectivity index is 2.15. The molecule has 2 rings (SSSR count). The van der Waals surface area contributed by atoms with Crippen molar-refractivity contribution in [3.63, 3.8) is 0 Å². The number of benzene rings is 1. The maximum Gasteiger partial charge on any atom is 0.354 e. The summed E-state index contributed by atoms with van der Waals surface area (Å²) in [6.45, 7) is 0.848. The normalized spacial score (nSPS) is 16.9. The molecule has 1 saturated heterocycles. The molecule has 18 heavy (non-hydrogen) atoms. The topological polar surface area (TPSA) is 64.6 Å². The van der Waals surface area contributed by atoms with Gasteiger partial charge < -0.3 is 14.8 Å². The highest BCUT2D eigenvalue weighted by Gasteiger charge is 2.17. The number of carbonyl (C=O) groups is 2. The number of carbonyl (C=O) groups excluding carboxylic acids is 2. The zero-order valence-corrected chi connectivity index (χ0v) is 9.93. The standard InChI is InChI=1S/C13H13NO4/c1-17-10-4-2-9(3-5-10)12(15)8-11-13(16)18-7-6-14-11/h2-5,8,14H,6-7H2,1H3. The highest BCUT2D eigenvalue weighted by molar-refractivity contribution is 6.08. The first kappa shape index (κ1) is 12.2. The number of ether oxygens (including phenoxy) is 2. The van der Waals surface area contributed by atoms with Crippen molar-refractivity contribution in [1.82, 2.24) is 5.32 Å². The SMILES string of the molecule is COc1ccc(C(=O)C=C2NCCOC2=O)cc1. The summed E-state index contributed by atoms with van der Waals surface area (Å²) in [7, 11) is 1.56. The highest BCUT2D eigenvalue weighted by atomic mass is 16.5. The lowest BCUT2D eigenvalue weighted by Crippen LogP contribution is -2.33. The van der Waals surface area contributed by atoms with Crippen LogP contribution in [-0.4, -0.2) is 32.0 Å². The van der Waals surface area contributed by atoms with Gasteiger partial charge in [0.2, 0.25) is 0 Å². The number of rotatable bonds is 3. The summed E-state index contributed by atoms with van der Waals surface area (Å²) in [5.74, 6) is -0.0727. The van der Waals surface area contributed by atoms with Crippen molar-refractivity contribution in [2.45, 2.75) is 0 Å². The zero-order chi connectivity index (χ0) is 13.0. The van der Waals surface area contributed by atoms with Gasteiger partial charge in [-0.15, -0.1) is 0 Å². The van der Waals surface area contributed by atoms with E-state index in [0.717, 1.165) is 0 Å². The summed E-state index contributed by atoms with van der Waals surface area (Å²) < 4.78 is 9.82. The van der Waals surface area contributed by atoms with Gasteiger partial charge in [0.05, 0.1) is 7.11 Å². The Kier molecular flexibility index (Phi) is 3.62. The second-order valence-corrected chi connectivity index (χ2v) is 3.71. The Hall–Kier alpha value is -2.30. The van der Waals surface area contributed by atoms with Gasteiger partial charge in [-0.2, -0.15) is 0 Å². The fourth-order valence-corrected chi connectivity index (χ4v) is 1.56. The van der Waals surface area contributed by atoms with Crippen LogP contribution in [0.15, 0.2) is 36.0 Å². The van der Waals surface area contributed by atoms with Crippen LogP contribution in [0.1, 0.15) is 10.4 Å². The number of nitrogens with one attached hydrogen (secondary N) is 1. The number of hydrogen-bond donors (Lipinski definition) is 1. The predicted molar refractivity (Wildman–Crippen MR) is 64.4 cm³/mol. The zero-order valence-electron chi connectivity index (χ0n) is 9.93. The summed E-state index contributed by atoms with van der Waals surface area (Å²) in [6.07, 6.45) is 1.25. The predicted octanol–water partition coefficient (Wildman–Crippen LogP) is 0.908. The van der Waals surface area contributed by atoms with Gasteiger partial charge in [0.1, 0.15) is 18.1 Å². The van der Waals surface area contributed by atoms with Crippen molar-refractivity contribution in [3.8, 4) is 5.75 Å². The molecule has 5 nitrogen and oxygen atoms in total. The molecule has 5 heteroatoms. The fraction of sp³-hybridized carbons (Fsp3) is 0.231. The van der Waals surface area contributed by atoms with Crippen LogP contribution >= 0.6 is 0 Å². The van der Waals surface area contributed by atoms with Crippen LogP contribution in [0.2, 0.25) is 0 Å². The highest BCUT2D eigenvalue weighted by Crippen LogP contribution is 2.13. The second kappa shape index (κ2) is 5.35. The number of morpholine rings is 1. The maximum atomic E-state index is 11.9. The number of ketones is 1. The molecule has 1 aromatic carbocycles. The first-order valence-electron chi connectivity index (χ1n) is 5.52. The van der Waals surface area contributed by atoms with Crippen LogP contribution in [0.25, 0.3) is 0 Å². The van der Waals surface area contributed by atoms with E-state index in [-0.39, 0.29) is 11.5 Å². The van der Waals surface area contributed by atoms with Crippen molar-refractivity contribution >= 4 is 11.8 Å². The maximum absolute atomic E-state index is 11.9. The molecule has 0 radical (unpaired) electrons. The second-order valence-electron chi connectivity index (χ2n) is 3.71. The van der Waals surface area contributed by atoms with E-state index in [1.807, 2.05) is 0 Å². The number of methoxy groups -OCH3 is 1. The lowest BCUT2D eigenvalue weighted by atomic mass is 10.1. The lowest BCUT2D eigenvalue weighted by Gasteiger charge is -2.15. The van der Waals surface area contributed by atoms with E-state index in [1.54, 1.807) is 31.4 Å². The van der Waals surface area contributed by atoms with Gasteiger partial charge >= 0.3 is 5.97 Å². The molecule has 0 aromatic heterocycles. The van der Waals surface area contributed by atoms with E-state index in [2.05, 4.69) is 5.32 Å². The van der Waals surface area contributed by atoms with Gasteiger partial charge in [0, 0.05) is 18.2 Å². The molecule has 1 N–H and O–H groups in total. The minimum Gasteiger partial charge on any atom is -0.497 e. The molecule has 0 spiro atoms. The Morgan fingerprint density at radius 1 is 1.39 bits per heavy atom. The Morgan fingerprint density at radius 2 is 2.11 bits per heavy atom.